The van der Waals surface area contributed by atoms with Crippen LogP contribution in [0.25, 0.3) is 0 Å². The second-order valence-electron chi connectivity index (χ2n) is 5.69. The molecule has 0 spiro atoms. The van der Waals surface area contributed by atoms with Gasteiger partial charge in [-0.2, -0.15) is 0 Å². The molecule has 0 heterocycles. The zero-order valence-electron chi connectivity index (χ0n) is 13.2. The summed E-state index contributed by atoms with van der Waals surface area (Å²) in [6.07, 6.45) is 0.666. The number of rotatable bonds is 7. The standard InChI is InChI=1S/C19H21NO3/c1-14-7-9-16(10-8-14)12-18(21)20-13-17(19(22)23)11-15-5-3-2-4-6-15/h2-10,17H,11-13H2,1H3,(H,20,21)(H,22,23). The third-order valence-corrected chi connectivity index (χ3v) is 3.71. The molecule has 0 fully saturated rings. The number of aryl methyl sites for hydroxylation is 1. The Labute approximate surface area is 136 Å². The van der Waals surface area contributed by atoms with Gasteiger partial charge in [0.05, 0.1) is 12.3 Å². The van der Waals surface area contributed by atoms with Crippen LogP contribution in [-0.4, -0.2) is 23.5 Å². The summed E-state index contributed by atoms with van der Waals surface area (Å²) in [5.41, 5.74) is 3.01. The van der Waals surface area contributed by atoms with Crippen LogP contribution in [0.2, 0.25) is 0 Å². The zero-order chi connectivity index (χ0) is 16.7. The van der Waals surface area contributed by atoms with Crippen molar-refractivity contribution in [3.63, 3.8) is 0 Å². The van der Waals surface area contributed by atoms with Gasteiger partial charge < -0.3 is 10.4 Å². The highest BCUT2D eigenvalue weighted by atomic mass is 16.4. The van der Waals surface area contributed by atoms with E-state index in [0.717, 1.165) is 16.7 Å². The highest BCUT2D eigenvalue weighted by molar-refractivity contribution is 5.79. The van der Waals surface area contributed by atoms with Crippen LogP contribution in [0.3, 0.4) is 0 Å². The number of carboxylic acids is 1. The van der Waals surface area contributed by atoms with Crippen molar-refractivity contribution in [3.05, 3.63) is 71.3 Å². The van der Waals surface area contributed by atoms with Crippen molar-refractivity contribution in [1.29, 1.82) is 0 Å². The Kier molecular flexibility index (Phi) is 5.92. The van der Waals surface area contributed by atoms with Gasteiger partial charge in [0.1, 0.15) is 0 Å². The fraction of sp³-hybridized carbons (Fsp3) is 0.263. The summed E-state index contributed by atoms with van der Waals surface area (Å²) in [6, 6.07) is 17.2. The zero-order valence-corrected chi connectivity index (χ0v) is 13.2. The predicted molar refractivity (Wildman–Crippen MR) is 89.2 cm³/mol. The molecule has 0 saturated heterocycles. The van der Waals surface area contributed by atoms with Gasteiger partial charge in [-0.05, 0) is 24.5 Å². The van der Waals surface area contributed by atoms with Gasteiger partial charge in [-0.15, -0.1) is 0 Å². The average Bonchev–Trinajstić information content (AvgIpc) is 2.54. The van der Waals surface area contributed by atoms with E-state index in [9.17, 15) is 14.7 Å². The number of amides is 1. The van der Waals surface area contributed by atoms with E-state index in [1.54, 1.807) is 0 Å². The molecule has 0 radical (unpaired) electrons. The summed E-state index contributed by atoms with van der Waals surface area (Å²) in [4.78, 5) is 23.3. The van der Waals surface area contributed by atoms with Crippen molar-refractivity contribution in [1.82, 2.24) is 5.32 Å². The van der Waals surface area contributed by atoms with Gasteiger partial charge in [0.25, 0.3) is 0 Å². The minimum atomic E-state index is -0.899. The van der Waals surface area contributed by atoms with Crippen LogP contribution in [0, 0.1) is 12.8 Å². The Bertz CT molecular complexity index is 650. The van der Waals surface area contributed by atoms with Crippen molar-refractivity contribution in [3.8, 4) is 0 Å². The predicted octanol–water partition coefficient (Wildman–Crippen LogP) is 2.60. The average molecular weight is 311 g/mol. The van der Waals surface area contributed by atoms with Crippen molar-refractivity contribution in [2.24, 2.45) is 5.92 Å². The Hall–Kier alpha value is -2.62. The van der Waals surface area contributed by atoms with Crippen molar-refractivity contribution >= 4 is 11.9 Å². The molecule has 120 valence electrons. The third kappa shape index (κ3) is 5.58. The van der Waals surface area contributed by atoms with E-state index in [2.05, 4.69) is 5.32 Å². The van der Waals surface area contributed by atoms with Crippen molar-refractivity contribution < 1.29 is 14.7 Å². The van der Waals surface area contributed by atoms with E-state index < -0.39 is 11.9 Å². The molecule has 2 rings (SSSR count). The maximum Gasteiger partial charge on any atom is 0.308 e. The van der Waals surface area contributed by atoms with Gasteiger partial charge in [0, 0.05) is 6.54 Å². The molecule has 0 aliphatic rings. The fourth-order valence-corrected chi connectivity index (χ4v) is 2.34. The lowest BCUT2D eigenvalue weighted by Crippen LogP contribution is -2.34. The summed E-state index contributed by atoms with van der Waals surface area (Å²) < 4.78 is 0. The van der Waals surface area contributed by atoms with E-state index >= 15 is 0 Å². The minimum absolute atomic E-state index is 0.134. The Morgan fingerprint density at radius 2 is 1.65 bits per heavy atom. The quantitative estimate of drug-likeness (QED) is 0.826. The molecular formula is C19H21NO3. The molecule has 2 aromatic rings. The summed E-state index contributed by atoms with van der Waals surface area (Å²) in [5, 5.41) is 12.0. The molecule has 0 aromatic heterocycles. The first-order valence-electron chi connectivity index (χ1n) is 7.63. The molecule has 0 aliphatic carbocycles. The van der Waals surface area contributed by atoms with E-state index in [1.165, 1.54) is 0 Å². The summed E-state index contributed by atoms with van der Waals surface area (Å²) >= 11 is 0. The van der Waals surface area contributed by atoms with Crippen LogP contribution < -0.4 is 5.32 Å². The van der Waals surface area contributed by atoms with Crippen LogP contribution in [0.4, 0.5) is 0 Å². The number of aliphatic carboxylic acids is 1. The Morgan fingerprint density at radius 3 is 2.26 bits per heavy atom. The van der Waals surface area contributed by atoms with Gasteiger partial charge in [-0.25, -0.2) is 0 Å². The first-order chi connectivity index (χ1) is 11.0. The van der Waals surface area contributed by atoms with Gasteiger partial charge in [0.15, 0.2) is 0 Å². The van der Waals surface area contributed by atoms with Crippen LogP contribution in [0.5, 0.6) is 0 Å². The normalized spacial score (nSPS) is 11.7. The second-order valence-corrected chi connectivity index (χ2v) is 5.69. The number of hydrogen-bond donors (Lipinski definition) is 2. The minimum Gasteiger partial charge on any atom is -0.481 e. The molecule has 0 saturated carbocycles. The van der Waals surface area contributed by atoms with Crippen molar-refractivity contribution in [2.75, 3.05) is 6.54 Å². The van der Waals surface area contributed by atoms with E-state index in [0.29, 0.717) is 6.42 Å². The molecule has 0 aliphatic heterocycles. The number of carbonyl (C=O) groups is 2. The Balaban J connectivity index is 1.87. The molecule has 2 aromatic carbocycles. The molecule has 23 heavy (non-hydrogen) atoms. The van der Waals surface area contributed by atoms with E-state index in [-0.39, 0.29) is 18.9 Å². The fourth-order valence-electron chi connectivity index (χ4n) is 2.34. The largest absolute Gasteiger partial charge is 0.481 e. The summed E-state index contributed by atoms with van der Waals surface area (Å²) in [6.45, 7) is 2.12. The lowest BCUT2D eigenvalue weighted by atomic mass is 9.99. The molecule has 4 nitrogen and oxygen atoms in total. The molecular weight excluding hydrogens is 290 g/mol. The lowest BCUT2D eigenvalue weighted by Gasteiger charge is -2.13. The van der Waals surface area contributed by atoms with Crippen LogP contribution in [-0.2, 0) is 22.4 Å². The highest BCUT2D eigenvalue weighted by Gasteiger charge is 2.18. The van der Waals surface area contributed by atoms with Gasteiger partial charge in [0.2, 0.25) is 5.91 Å². The molecule has 1 unspecified atom stereocenters. The second kappa shape index (κ2) is 8.13. The molecule has 1 atom stereocenters. The smallest absolute Gasteiger partial charge is 0.308 e. The van der Waals surface area contributed by atoms with Gasteiger partial charge >= 0.3 is 5.97 Å². The summed E-state index contributed by atoms with van der Waals surface area (Å²) in [7, 11) is 0. The molecule has 4 heteroatoms. The lowest BCUT2D eigenvalue weighted by molar-refractivity contribution is -0.141. The number of nitrogens with one attached hydrogen (secondary N) is 1. The number of benzene rings is 2. The number of hydrogen-bond acceptors (Lipinski definition) is 2. The maximum atomic E-state index is 12.0. The van der Waals surface area contributed by atoms with Crippen LogP contribution in [0.1, 0.15) is 16.7 Å². The monoisotopic (exact) mass is 311 g/mol. The maximum absolute atomic E-state index is 12.0. The molecule has 0 bridgehead atoms. The van der Waals surface area contributed by atoms with Gasteiger partial charge in [-0.3, -0.25) is 9.59 Å². The first-order valence-corrected chi connectivity index (χ1v) is 7.63. The molecule has 1 amide bonds. The first kappa shape index (κ1) is 16.7. The highest BCUT2D eigenvalue weighted by Crippen LogP contribution is 2.09. The number of carbonyl (C=O) groups excluding carboxylic acids is 1. The van der Waals surface area contributed by atoms with Crippen LogP contribution in [0.15, 0.2) is 54.6 Å². The van der Waals surface area contributed by atoms with Crippen molar-refractivity contribution in [2.45, 2.75) is 19.8 Å². The van der Waals surface area contributed by atoms with Gasteiger partial charge in [-0.1, -0.05) is 60.2 Å². The number of carboxylic acid groups (broad SMARTS) is 1. The third-order valence-electron chi connectivity index (χ3n) is 3.71. The Morgan fingerprint density at radius 1 is 1.00 bits per heavy atom. The van der Waals surface area contributed by atoms with E-state index in [4.69, 9.17) is 0 Å². The molecule has 2 N–H and O–H groups in total. The summed E-state index contributed by atoms with van der Waals surface area (Å²) in [5.74, 6) is -1.68. The topological polar surface area (TPSA) is 66.4 Å². The van der Waals surface area contributed by atoms with E-state index in [1.807, 2.05) is 61.5 Å². The SMILES string of the molecule is Cc1ccc(CC(=O)NCC(Cc2ccccc2)C(=O)O)cc1. The van der Waals surface area contributed by atoms with Crippen LogP contribution >= 0.6 is 0 Å².